The van der Waals surface area contributed by atoms with Crippen LogP contribution in [0.2, 0.25) is 0 Å². The second-order valence-electron chi connectivity index (χ2n) is 5.28. The number of benzene rings is 1. The summed E-state index contributed by atoms with van der Waals surface area (Å²) in [6.45, 7) is -4.95. The van der Waals surface area contributed by atoms with E-state index in [2.05, 4.69) is 10.3 Å². The minimum atomic E-state index is -2.83. The van der Waals surface area contributed by atoms with Crippen molar-refractivity contribution >= 4 is 11.6 Å². The Kier molecular flexibility index (Phi) is 1.85. The van der Waals surface area contributed by atoms with Crippen molar-refractivity contribution in [2.75, 3.05) is 6.58 Å². The zero-order valence-electron chi connectivity index (χ0n) is 21.7. The van der Waals surface area contributed by atoms with Crippen LogP contribution in [0.15, 0.2) is 36.5 Å². The van der Waals surface area contributed by atoms with E-state index in [-0.39, 0.29) is 34.6 Å². The molecule has 2 aromatic heterocycles. The van der Waals surface area contributed by atoms with Crippen molar-refractivity contribution in [3.63, 3.8) is 0 Å². The molecule has 3 aromatic rings. The number of rotatable bonds is 3. The predicted octanol–water partition coefficient (Wildman–Crippen LogP) is 2.82. The number of imidazole rings is 1. The van der Waals surface area contributed by atoms with Crippen LogP contribution in [0.4, 0.5) is 0 Å². The Morgan fingerprint density at radius 1 is 1.62 bits per heavy atom. The number of amides is 1. The van der Waals surface area contributed by atoms with Gasteiger partial charge in [0, 0.05) is 24.6 Å². The lowest BCUT2D eigenvalue weighted by Gasteiger charge is -2.08. The van der Waals surface area contributed by atoms with Gasteiger partial charge in [-0.25, -0.2) is 4.98 Å². The highest BCUT2D eigenvalue weighted by Crippen LogP contribution is 2.25. The maximum Gasteiger partial charge on any atom is 0.270 e. The van der Waals surface area contributed by atoms with E-state index in [0.29, 0.717) is 5.56 Å². The molecule has 0 saturated heterocycles. The van der Waals surface area contributed by atoms with Crippen molar-refractivity contribution in [3.8, 4) is 5.75 Å². The van der Waals surface area contributed by atoms with Crippen molar-refractivity contribution in [3.05, 3.63) is 64.6 Å². The first-order valence-electron chi connectivity index (χ1n) is 11.8. The Balaban J connectivity index is 1.78. The lowest BCUT2D eigenvalue weighted by atomic mass is 10.1. The Bertz CT molecular complexity index is 1290. The Labute approximate surface area is 152 Å². The first-order chi connectivity index (χ1) is 15.2. The molecule has 1 amide bonds. The summed E-state index contributed by atoms with van der Waals surface area (Å²) in [6.07, 6.45) is 0.128. The van der Waals surface area contributed by atoms with Crippen LogP contribution in [0.3, 0.4) is 0 Å². The zero-order chi connectivity index (χ0) is 24.5. The van der Waals surface area contributed by atoms with Gasteiger partial charge in [-0.3, -0.25) is 9.20 Å². The molecule has 3 heterocycles. The molecule has 0 bridgehead atoms. The van der Waals surface area contributed by atoms with Crippen LogP contribution < -0.4 is 10.1 Å². The van der Waals surface area contributed by atoms with Gasteiger partial charge in [0.1, 0.15) is 17.1 Å². The highest BCUT2D eigenvalue weighted by atomic mass is 16.5. The number of ether oxygens (including phenoxy) is 1. The van der Waals surface area contributed by atoms with Crippen LogP contribution in [0.5, 0.6) is 5.75 Å². The van der Waals surface area contributed by atoms with Crippen LogP contribution >= 0.6 is 0 Å². The van der Waals surface area contributed by atoms with E-state index in [1.165, 1.54) is 31.3 Å². The molecule has 122 valence electrons. The highest BCUT2D eigenvalue weighted by Gasteiger charge is 2.17. The van der Waals surface area contributed by atoms with Gasteiger partial charge in [0.25, 0.3) is 5.91 Å². The molecule has 0 fully saturated rings. The molecular weight excluding hydrogens is 302 g/mol. The number of carbonyl (C=O) groups is 1. The monoisotopic (exact) mass is 330 g/mol. The maximum atomic E-state index is 13.2. The summed E-state index contributed by atoms with van der Waals surface area (Å²) in [4.78, 5) is 17.1. The minimum Gasteiger partial charge on any atom is -0.493 e. The summed E-state index contributed by atoms with van der Waals surface area (Å²) in [5, 5.41) is 2.16. The molecule has 0 spiro atoms. The summed E-state index contributed by atoms with van der Waals surface area (Å²) in [6, 6.07) is 3.77. The number of fused-ring (bicyclic) bond motifs is 2. The maximum absolute atomic E-state index is 13.2. The fraction of sp³-hybridized carbons (Fsp3) is 0.263. The van der Waals surface area contributed by atoms with Gasteiger partial charge in [-0.2, -0.15) is 0 Å². The zero-order valence-corrected chi connectivity index (χ0v) is 12.7. The van der Waals surface area contributed by atoms with Crippen LogP contribution in [-0.4, -0.2) is 21.9 Å². The quantitative estimate of drug-likeness (QED) is 0.803. The van der Waals surface area contributed by atoms with E-state index in [1.54, 1.807) is 0 Å². The van der Waals surface area contributed by atoms with Crippen molar-refractivity contribution in [1.29, 1.82) is 0 Å². The molecule has 1 aliphatic heterocycles. The number of aryl methyl sites for hydroxylation is 2. The highest BCUT2D eigenvalue weighted by molar-refractivity contribution is 5.94. The molecule has 1 aromatic carbocycles. The number of pyridine rings is 1. The van der Waals surface area contributed by atoms with Crippen molar-refractivity contribution in [2.45, 2.75) is 26.7 Å². The summed E-state index contributed by atoms with van der Waals surface area (Å²) < 4.78 is 78.1. The number of hydrogen-bond donors (Lipinski definition) is 1. The number of nitrogens with zero attached hydrogens (tertiary/aromatic N) is 2. The molecule has 5 heteroatoms. The Hall–Kier alpha value is -2.82. The lowest BCUT2D eigenvalue weighted by molar-refractivity contribution is 0.0944. The molecule has 24 heavy (non-hydrogen) atoms. The summed E-state index contributed by atoms with van der Waals surface area (Å²) in [7, 11) is 0. The molecule has 0 radical (unpaired) electrons. The third kappa shape index (κ3) is 2.52. The first-order valence-corrected chi connectivity index (χ1v) is 7.20. The lowest BCUT2D eigenvalue weighted by Crippen LogP contribution is -2.25. The predicted molar refractivity (Wildman–Crippen MR) is 91.5 cm³/mol. The van der Waals surface area contributed by atoms with Gasteiger partial charge in [0.05, 0.1) is 19.1 Å². The smallest absolute Gasteiger partial charge is 0.270 e. The molecule has 1 N–H and O–H groups in total. The van der Waals surface area contributed by atoms with E-state index in [0.717, 1.165) is 4.40 Å². The topological polar surface area (TPSA) is 55.6 Å². The average molecular weight is 330 g/mol. The summed E-state index contributed by atoms with van der Waals surface area (Å²) in [5.41, 5.74) is -0.702. The van der Waals surface area contributed by atoms with Crippen molar-refractivity contribution < 1.29 is 21.9 Å². The van der Waals surface area contributed by atoms with Crippen molar-refractivity contribution in [2.24, 2.45) is 0 Å². The fourth-order valence-electron chi connectivity index (χ4n) is 2.46. The first kappa shape index (κ1) is 7.83. The standard InChI is InChI=1S/C19H19N3O2/c1-12-5-7-22-17(9-12)21-13(2)18(22)19(23)20-11-14-3-4-16-15(10-14)6-8-24-16/h3-5,7,9-10H,6,8,11H2,1-2H3,(H,20,23)/i2D3,5D,6D,8D,9D,11D2. The molecular formula is C19H19N3O2. The third-order valence-electron chi connectivity index (χ3n) is 3.61. The Morgan fingerprint density at radius 2 is 2.54 bits per heavy atom. The normalized spacial score (nSPS) is 25.6. The number of nitrogens with one attached hydrogen (secondary N) is 1. The third-order valence-corrected chi connectivity index (χ3v) is 3.61. The second-order valence-corrected chi connectivity index (χ2v) is 5.28. The summed E-state index contributed by atoms with van der Waals surface area (Å²) >= 11 is 0. The summed E-state index contributed by atoms with van der Waals surface area (Å²) in [5.74, 6) is -0.813. The average Bonchev–Trinajstić information content (AvgIpc) is 3.23. The number of hydrogen-bond acceptors (Lipinski definition) is 3. The van der Waals surface area contributed by atoms with Crippen LogP contribution in [0, 0.1) is 13.8 Å². The van der Waals surface area contributed by atoms with Crippen LogP contribution in [0.1, 0.15) is 45.2 Å². The van der Waals surface area contributed by atoms with E-state index in [4.69, 9.17) is 17.1 Å². The Morgan fingerprint density at radius 3 is 3.42 bits per heavy atom. The van der Waals surface area contributed by atoms with Crippen LogP contribution in [-0.2, 0) is 12.9 Å². The van der Waals surface area contributed by atoms with Crippen molar-refractivity contribution in [1.82, 2.24) is 14.7 Å². The molecule has 4 rings (SSSR count). The number of carbonyl (C=O) groups excluding carboxylic acids is 1. The van der Waals surface area contributed by atoms with Gasteiger partial charge in [0.2, 0.25) is 0 Å². The van der Waals surface area contributed by atoms with Gasteiger partial charge in [-0.05, 0) is 48.6 Å². The van der Waals surface area contributed by atoms with E-state index >= 15 is 0 Å². The fourth-order valence-corrected chi connectivity index (χ4v) is 2.46. The largest absolute Gasteiger partial charge is 0.493 e. The molecule has 1 aliphatic rings. The molecule has 5 nitrogen and oxygen atoms in total. The number of aromatic nitrogens is 2. The van der Waals surface area contributed by atoms with Gasteiger partial charge >= 0.3 is 0 Å². The molecule has 0 saturated carbocycles. The van der Waals surface area contributed by atoms with Gasteiger partial charge in [0.15, 0.2) is 0 Å². The molecule has 2 atom stereocenters. The van der Waals surface area contributed by atoms with Gasteiger partial charge < -0.3 is 10.1 Å². The van der Waals surface area contributed by atoms with Crippen LogP contribution in [0.25, 0.3) is 5.65 Å². The SMILES string of the molecule is [2H]c1cn2c(C(=O)NC([2H])([2H])c3ccc4c(c3)C([2H])C([2H])O4)c(C([2H])([2H])[2H])nc2c([2H])c1C. The van der Waals surface area contributed by atoms with Gasteiger partial charge in [-0.15, -0.1) is 0 Å². The van der Waals surface area contributed by atoms with E-state index < -0.39 is 43.6 Å². The minimum absolute atomic E-state index is 0.0213. The second kappa shape index (κ2) is 5.67. The van der Waals surface area contributed by atoms with Gasteiger partial charge in [-0.1, -0.05) is 12.1 Å². The molecule has 0 aliphatic carbocycles. The molecule has 2 unspecified atom stereocenters. The van der Waals surface area contributed by atoms with E-state index in [9.17, 15) is 4.79 Å². The van der Waals surface area contributed by atoms with E-state index in [1.807, 2.05) is 0 Å².